The highest BCUT2D eigenvalue weighted by atomic mass is 79.9. The number of hydrogen-bond acceptors (Lipinski definition) is 19. The molecular weight excluding hydrogens is 1650 g/mol. The van der Waals surface area contributed by atoms with Crippen LogP contribution in [0.15, 0.2) is 237 Å². The number of benzene rings is 6. The van der Waals surface area contributed by atoms with Crippen molar-refractivity contribution in [1.82, 2.24) is 60.4 Å². The van der Waals surface area contributed by atoms with Crippen LogP contribution < -0.4 is 44.9 Å². The molecule has 4 N–H and O–H groups in total. The van der Waals surface area contributed by atoms with Crippen LogP contribution in [0.1, 0.15) is 125 Å². The predicted molar refractivity (Wildman–Crippen MR) is 505 cm³/mol. The number of hydrogen-bond donors (Lipinski definition) is 4. The van der Waals surface area contributed by atoms with E-state index in [0.29, 0.717) is 43.6 Å². The first-order valence-corrected chi connectivity index (χ1v) is 45.2. The molecule has 3 amide bonds. The molecule has 17 rings (SSSR count). The molecule has 24 heteroatoms. The molecule has 0 saturated carbocycles. The Balaban J connectivity index is 0.000000144. The van der Waals surface area contributed by atoms with Crippen LogP contribution in [0, 0.1) is 20.8 Å². The van der Waals surface area contributed by atoms with Crippen molar-refractivity contribution < 1.29 is 33.7 Å². The molecular formula is C101H127BrClN15O7. The topological polar surface area (TPSA) is 213 Å². The molecule has 662 valence electrons. The van der Waals surface area contributed by atoms with Crippen molar-refractivity contribution in [2.45, 2.75) is 174 Å². The van der Waals surface area contributed by atoms with Gasteiger partial charge in [-0.3, -0.25) is 24.2 Å². The first-order chi connectivity index (χ1) is 60.1. The van der Waals surface area contributed by atoms with Crippen LogP contribution in [0.3, 0.4) is 0 Å². The Labute approximate surface area is 754 Å². The summed E-state index contributed by atoms with van der Waals surface area (Å²) in [4.78, 5) is 73.4. The largest absolute Gasteiger partial charge is 0.506 e. The van der Waals surface area contributed by atoms with Crippen LogP contribution in [-0.4, -0.2) is 205 Å². The molecule has 0 bridgehead atoms. The predicted octanol–water partition coefficient (Wildman–Crippen LogP) is 16.1. The lowest BCUT2D eigenvalue weighted by Gasteiger charge is -2.49. The van der Waals surface area contributed by atoms with E-state index in [0.717, 1.165) is 175 Å². The van der Waals surface area contributed by atoms with Crippen LogP contribution in [0.25, 0.3) is 0 Å². The van der Waals surface area contributed by atoms with E-state index >= 15 is 0 Å². The van der Waals surface area contributed by atoms with E-state index < -0.39 is 0 Å². The number of piperazine rings is 4. The third-order valence-electron chi connectivity index (χ3n) is 23.6. The van der Waals surface area contributed by atoms with Crippen LogP contribution in [0.4, 0.5) is 17.5 Å². The summed E-state index contributed by atoms with van der Waals surface area (Å²) >= 11 is 9.04. The number of alkyl halides is 1. The average molecular weight is 1780 g/mol. The normalized spacial score (nSPS) is 19.5. The maximum Gasteiger partial charge on any atom is 0.240 e. The Kier molecular flexibility index (Phi) is 33.4. The Morgan fingerprint density at radius 2 is 0.768 bits per heavy atom. The molecule has 3 atom stereocenters. The lowest BCUT2D eigenvalue weighted by molar-refractivity contribution is -0.135. The number of pyridine rings is 4. The molecule has 22 nitrogen and oxygen atoms in total. The number of amides is 3. The molecule has 11 heterocycles. The molecule has 4 aromatic heterocycles. The minimum Gasteiger partial charge on any atom is -0.506 e. The van der Waals surface area contributed by atoms with Crippen LogP contribution in [0.2, 0.25) is 5.15 Å². The van der Waals surface area contributed by atoms with E-state index in [1.165, 1.54) is 39.6 Å². The van der Waals surface area contributed by atoms with Crippen molar-refractivity contribution in [2.24, 2.45) is 0 Å². The highest BCUT2D eigenvalue weighted by Gasteiger charge is 2.47. The summed E-state index contributed by atoms with van der Waals surface area (Å²) in [6, 6.07) is 70.6. The molecule has 3 unspecified atom stereocenters. The van der Waals surface area contributed by atoms with Gasteiger partial charge in [-0.05, 0) is 177 Å². The summed E-state index contributed by atoms with van der Waals surface area (Å²) in [5.74, 6) is 6.04. The zero-order valence-corrected chi connectivity index (χ0v) is 77.1. The molecule has 0 radical (unpaired) electrons. The SMILES string of the molecule is CC1(C)CN(c2ccc(OCc3ccccc3)cn2)CCN1.CC1(C)CNCCN1.Cc1ccc(CN2CCC(Br)C2=O)cc1.Cc1ccc(CN2CCC(N3CCN(c4ccc(O)cn4)CC3(C)C)C2=O)cc1.Cc1ccc(CN2CCC(N3CCN(c4ccc(OCc5ccccc5)cn4)CC3(C)C)C2=O)cc1.Clc1ccc(OCc2ccccc2)cn1. The zero-order chi connectivity index (χ0) is 88.5. The van der Waals surface area contributed by atoms with E-state index in [1.807, 2.05) is 118 Å². The second-order valence-electron chi connectivity index (χ2n) is 35.9. The zero-order valence-electron chi connectivity index (χ0n) is 74.7. The highest BCUT2D eigenvalue weighted by molar-refractivity contribution is 9.10. The number of aromatic nitrogens is 4. The van der Waals surface area contributed by atoms with Gasteiger partial charge in [0.25, 0.3) is 0 Å². The Morgan fingerprint density at radius 1 is 0.392 bits per heavy atom. The molecule has 0 spiro atoms. The Morgan fingerprint density at radius 3 is 1.10 bits per heavy atom. The van der Waals surface area contributed by atoms with E-state index in [4.69, 9.17) is 25.8 Å². The van der Waals surface area contributed by atoms with Gasteiger partial charge >= 0.3 is 0 Å². The maximum absolute atomic E-state index is 13.4. The second kappa shape index (κ2) is 44.6. The number of nitrogens with one attached hydrogen (secondary N) is 3. The average Bonchev–Trinajstić information content (AvgIpc) is 1.35. The molecule has 0 aliphatic carbocycles. The molecule has 7 aliphatic rings. The second-order valence-corrected chi connectivity index (χ2v) is 37.4. The van der Waals surface area contributed by atoms with Crippen molar-refractivity contribution in [3.8, 4) is 23.0 Å². The molecule has 7 saturated heterocycles. The summed E-state index contributed by atoms with van der Waals surface area (Å²) in [6.45, 7) is 41.5. The van der Waals surface area contributed by atoms with Gasteiger partial charge in [0.1, 0.15) is 65.4 Å². The summed E-state index contributed by atoms with van der Waals surface area (Å²) in [6.07, 6.45) is 9.41. The number of anilines is 3. The first-order valence-electron chi connectivity index (χ1n) is 43.9. The summed E-state index contributed by atoms with van der Waals surface area (Å²) in [7, 11) is 0. The van der Waals surface area contributed by atoms with Crippen LogP contribution >= 0.6 is 27.5 Å². The fraction of sp³-hybridized carbons (Fsp3) is 0.416. The molecule has 10 aromatic rings. The smallest absolute Gasteiger partial charge is 0.240 e. The van der Waals surface area contributed by atoms with Gasteiger partial charge in [-0.15, -0.1) is 0 Å². The van der Waals surface area contributed by atoms with Gasteiger partial charge in [0.2, 0.25) is 17.7 Å². The molecule has 7 fully saturated rings. The number of carbonyl (C=O) groups excluding carboxylic acids is 3. The molecule has 125 heavy (non-hydrogen) atoms. The Bertz CT molecular complexity index is 4960. The van der Waals surface area contributed by atoms with Gasteiger partial charge in [0.05, 0.1) is 41.7 Å². The van der Waals surface area contributed by atoms with E-state index in [2.05, 4.69) is 250 Å². The summed E-state index contributed by atoms with van der Waals surface area (Å²) in [5, 5.41) is 20.2. The summed E-state index contributed by atoms with van der Waals surface area (Å²) < 4.78 is 17.2. The van der Waals surface area contributed by atoms with Gasteiger partial charge in [-0.2, -0.15) is 0 Å². The Hall–Kier alpha value is -10.5. The van der Waals surface area contributed by atoms with Gasteiger partial charge in [-0.25, -0.2) is 19.9 Å². The van der Waals surface area contributed by atoms with E-state index in [9.17, 15) is 19.5 Å². The lowest BCUT2D eigenvalue weighted by Crippen LogP contribution is -2.63. The van der Waals surface area contributed by atoms with Crippen molar-refractivity contribution >= 4 is 62.7 Å². The molecule has 6 aromatic carbocycles. The van der Waals surface area contributed by atoms with Gasteiger partial charge in [0, 0.05) is 140 Å². The van der Waals surface area contributed by atoms with Crippen molar-refractivity contribution in [2.75, 3.05) is 113 Å². The lowest BCUT2D eigenvalue weighted by atomic mass is 9.95. The molecule has 7 aliphatic heterocycles. The van der Waals surface area contributed by atoms with Crippen molar-refractivity contribution in [1.29, 1.82) is 0 Å². The number of carbonyl (C=O) groups is 3. The number of nitrogens with zero attached hydrogens (tertiary/aromatic N) is 12. The van der Waals surface area contributed by atoms with Gasteiger partial charge in [0.15, 0.2) is 0 Å². The quantitative estimate of drug-likeness (QED) is 0.0412. The van der Waals surface area contributed by atoms with E-state index in [1.54, 1.807) is 30.6 Å². The van der Waals surface area contributed by atoms with Gasteiger partial charge in [-0.1, -0.05) is 208 Å². The standard InChI is InChI=1S/C30H36N4O2.C23H30N4O2.C18H23N3O.C12H14BrNO.C12H10ClNO.C6H14N2/c1-23-9-11-24(12-10-23)20-32-16-15-27(29(32)35)34-18-17-33(22-30(34,2)3)28-14-13-26(19-31-28)36-21-25-7-5-4-6-8-25;1-17-4-6-18(7-5-17)15-25-11-10-20(22(25)29)27-13-12-26(16-23(27,2)3)21-9-8-19(28)14-24-21;1-18(2)14-21(11-10-20-18)17-9-8-16(12-19-17)22-13-15-6-4-3-5-7-15;1-9-2-4-10(5-3-9)8-14-7-6-11(13)12(14)15;13-12-7-6-11(8-14-12)15-9-10-4-2-1-3-5-10;1-6(2)5-7-3-4-8-6/h4-14,19,27H,15-18,20-22H2,1-3H3;4-9,14,20,28H,10-13,15-16H2,1-3H3;3-9,12,20H,10-11,13-14H2,1-2H3;2-5,11H,6-8H2,1H3;1-8H,9H2;7-8H,3-5H2,1-2H3. The minimum absolute atomic E-state index is 0.0305. The van der Waals surface area contributed by atoms with Gasteiger partial charge < -0.3 is 64.7 Å². The van der Waals surface area contributed by atoms with E-state index in [-0.39, 0.29) is 57.0 Å². The minimum atomic E-state index is -0.141. The maximum atomic E-state index is 13.4. The first kappa shape index (κ1) is 93.7. The third kappa shape index (κ3) is 28.2. The fourth-order valence-corrected chi connectivity index (χ4v) is 17.2. The number of halogens is 2. The fourth-order valence-electron chi connectivity index (χ4n) is 16.6. The third-order valence-corrected chi connectivity index (χ3v) is 24.6. The van der Waals surface area contributed by atoms with Crippen LogP contribution in [0.5, 0.6) is 23.0 Å². The summed E-state index contributed by atoms with van der Waals surface area (Å²) in [5.41, 5.74) is 10.9. The number of rotatable bonds is 20. The number of likely N-dealkylation sites (tertiary alicyclic amines) is 3. The van der Waals surface area contributed by atoms with Crippen LogP contribution in [-0.2, 0) is 53.8 Å². The highest BCUT2D eigenvalue weighted by Crippen LogP contribution is 2.35. The monoisotopic (exact) mass is 1780 g/mol. The number of aromatic hydroxyl groups is 1. The number of ether oxygens (including phenoxy) is 3. The van der Waals surface area contributed by atoms with Crippen molar-refractivity contribution in [3.05, 3.63) is 292 Å². The van der Waals surface area contributed by atoms with Crippen molar-refractivity contribution in [3.63, 3.8) is 0 Å². The number of aryl methyl sites for hydroxylation is 3.